The molecule has 7 nitrogen and oxygen atoms in total. The van der Waals surface area contributed by atoms with E-state index >= 15 is 4.39 Å². The molecule has 0 radical (unpaired) electrons. The summed E-state index contributed by atoms with van der Waals surface area (Å²) in [4.78, 5) is 35.9. The molecule has 0 aliphatic carbocycles. The van der Waals surface area contributed by atoms with Crippen molar-refractivity contribution in [3.05, 3.63) is 63.9 Å². The van der Waals surface area contributed by atoms with Crippen molar-refractivity contribution in [1.82, 2.24) is 14.7 Å². The zero-order valence-corrected chi connectivity index (χ0v) is 30.6. The minimum absolute atomic E-state index is 0.0108. The topological polar surface area (TPSA) is 67.3 Å². The fraction of sp³-hybridized carbons (Fsp3) is 0.611. The number of hydrogen-bond acceptors (Lipinski definition) is 6. The van der Waals surface area contributed by atoms with Crippen molar-refractivity contribution in [2.24, 2.45) is 5.41 Å². The highest BCUT2D eigenvalue weighted by molar-refractivity contribution is 9.10. The van der Waals surface area contributed by atoms with Crippen molar-refractivity contribution in [3.63, 3.8) is 0 Å². The Morgan fingerprint density at radius 1 is 0.978 bits per heavy atom. The maximum absolute atomic E-state index is 15.7. The van der Waals surface area contributed by atoms with E-state index in [1.165, 1.54) is 17.8 Å². The van der Waals surface area contributed by atoms with Crippen LogP contribution in [0.3, 0.4) is 0 Å². The summed E-state index contributed by atoms with van der Waals surface area (Å²) in [5.74, 6) is -0.390. The van der Waals surface area contributed by atoms with E-state index in [1.54, 1.807) is 11.0 Å². The average Bonchev–Trinajstić information content (AvgIpc) is 3.30. The molecule has 2 aromatic rings. The van der Waals surface area contributed by atoms with E-state index in [9.17, 15) is 14.7 Å². The van der Waals surface area contributed by atoms with Crippen molar-refractivity contribution in [2.45, 2.75) is 89.0 Å². The largest absolute Gasteiger partial charge is 0.385 e. The lowest BCUT2D eigenvalue weighted by Crippen LogP contribution is -2.53. The van der Waals surface area contributed by atoms with E-state index in [0.29, 0.717) is 51.3 Å². The first-order chi connectivity index (χ1) is 21.6. The maximum Gasteiger partial charge on any atom is 0.237 e. The van der Waals surface area contributed by atoms with Crippen LogP contribution in [0.4, 0.5) is 10.1 Å². The molecule has 3 aliphatic rings. The number of anilines is 1. The molecule has 10 heteroatoms. The summed E-state index contributed by atoms with van der Waals surface area (Å²) in [5, 5.41) is 10.4. The fourth-order valence-corrected chi connectivity index (χ4v) is 8.54. The van der Waals surface area contributed by atoms with Gasteiger partial charge in [-0.15, -0.1) is 11.8 Å². The smallest absolute Gasteiger partial charge is 0.237 e. The van der Waals surface area contributed by atoms with Gasteiger partial charge in [0.1, 0.15) is 11.2 Å². The molecule has 1 N–H and O–H groups in total. The highest BCUT2D eigenvalue weighted by atomic mass is 79.9. The average molecular weight is 718 g/mol. The number of carbonyl (C=O) groups is 2. The molecule has 1 unspecified atom stereocenters. The molecular weight excluding hydrogens is 667 g/mol. The number of para-hydroxylation sites is 1. The third kappa shape index (κ3) is 7.93. The normalized spacial score (nSPS) is 22.9. The molecule has 2 amide bonds. The third-order valence-corrected chi connectivity index (χ3v) is 11.7. The summed E-state index contributed by atoms with van der Waals surface area (Å²) in [7, 11) is 0. The van der Waals surface area contributed by atoms with Crippen LogP contribution in [-0.2, 0) is 15.2 Å². The van der Waals surface area contributed by atoms with Gasteiger partial charge in [0.25, 0.3) is 0 Å². The quantitative estimate of drug-likeness (QED) is 0.341. The van der Waals surface area contributed by atoms with Gasteiger partial charge < -0.3 is 19.8 Å². The molecule has 5 rings (SSSR count). The molecule has 0 aromatic heterocycles. The van der Waals surface area contributed by atoms with Gasteiger partial charge in [0.2, 0.25) is 11.8 Å². The molecule has 3 heterocycles. The monoisotopic (exact) mass is 716 g/mol. The first kappa shape index (κ1) is 35.2. The Bertz CT molecular complexity index is 1390. The number of thioether (sulfide) groups is 1. The Morgan fingerprint density at radius 3 is 2.20 bits per heavy atom. The van der Waals surface area contributed by atoms with Gasteiger partial charge in [-0.2, -0.15) is 0 Å². The minimum Gasteiger partial charge on any atom is -0.385 e. The summed E-state index contributed by atoms with van der Waals surface area (Å²) in [5.41, 5.74) is 1.33. The van der Waals surface area contributed by atoms with Crippen molar-refractivity contribution in [3.8, 4) is 0 Å². The van der Waals surface area contributed by atoms with Crippen molar-refractivity contribution in [2.75, 3.05) is 50.7 Å². The zero-order chi connectivity index (χ0) is 33.4. The van der Waals surface area contributed by atoms with Gasteiger partial charge in [-0.05, 0) is 69.2 Å². The summed E-state index contributed by atoms with van der Waals surface area (Å²) >= 11 is 4.93. The van der Waals surface area contributed by atoms with Gasteiger partial charge in [0.05, 0.1) is 16.5 Å². The number of carbonyl (C=O) groups excluding carboxylic acids is 2. The number of nitrogens with zero attached hydrogens (tertiary/aromatic N) is 4. The first-order valence-corrected chi connectivity index (χ1v) is 18.3. The van der Waals surface area contributed by atoms with Crippen LogP contribution < -0.4 is 4.90 Å². The van der Waals surface area contributed by atoms with E-state index in [4.69, 9.17) is 0 Å². The summed E-state index contributed by atoms with van der Waals surface area (Å²) in [6.45, 7) is 17.6. The summed E-state index contributed by atoms with van der Waals surface area (Å²) in [6, 6.07) is 12.9. The number of hydrogen-bond donors (Lipinski definition) is 1. The molecule has 2 aromatic carbocycles. The van der Waals surface area contributed by atoms with Gasteiger partial charge in [0.15, 0.2) is 0 Å². The second kappa shape index (κ2) is 13.8. The highest BCUT2D eigenvalue weighted by Gasteiger charge is 2.45. The van der Waals surface area contributed by atoms with Crippen LogP contribution in [0.2, 0.25) is 0 Å². The first-order valence-electron chi connectivity index (χ1n) is 16.6. The summed E-state index contributed by atoms with van der Waals surface area (Å²) in [6.07, 6.45) is 1.78. The van der Waals surface area contributed by atoms with Crippen LogP contribution in [0.5, 0.6) is 0 Å². The lowest BCUT2D eigenvalue weighted by atomic mass is 9.84. The number of piperazine rings is 1. The van der Waals surface area contributed by atoms with Gasteiger partial charge in [-0.25, -0.2) is 4.39 Å². The Labute approximate surface area is 287 Å². The van der Waals surface area contributed by atoms with Crippen LogP contribution >= 0.6 is 27.7 Å². The standard InChI is InChI=1S/C36H50BrFN4O3S/c1-34(2,3)14-19-42-32(44)29(24-30(43)39-17-15-36(45,16-18-39)25-10-12-26(37)13-11-25)46-33(42)27-8-7-9-28(38)31(27)40-20-22-41(23-21-40)35(4,5)6/h7-13,29,33,45H,14-24H2,1-6H3/t29-,33?/m0/s1. The number of aliphatic hydroxyl groups is 1. The van der Waals surface area contributed by atoms with Crippen LogP contribution in [-0.4, -0.2) is 88.2 Å². The van der Waals surface area contributed by atoms with Gasteiger partial charge >= 0.3 is 0 Å². The molecule has 252 valence electrons. The number of likely N-dealkylation sites (tertiary alicyclic amines) is 1. The SMILES string of the molecule is CC(C)(C)CCN1C(=O)[C@H](CC(=O)N2CCC(O)(c3ccc(Br)cc3)CC2)SC1c1cccc(F)c1N1CCN(C(C)(C)C)CC1. The second-order valence-corrected chi connectivity index (χ2v) is 17.5. The van der Waals surface area contributed by atoms with E-state index < -0.39 is 10.9 Å². The Morgan fingerprint density at radius 2 is 1.61 bits per heavy atom. The van der Waals surface area contributed by atoms with Crippen molar-refractivity contribution in [1.29, 1.82) is 0 Å². The fourth-order valence-electron chi connectivity index (χ4n) is 6.78. The molecule has 3 saturated heterocycles. The molecular formula is C36H50BrFN4O3S. The Balaban J connectivity index is 1.32. The molecule has 0 spiro atoms. The molecule has 46 heavy (non-hydrogen) atoms. The van der Waals surface area contributed by atoms with Crippen LogP contribution in [0, 0.1) is 11.2 Å². The van der Waals surface area contributed by atoms with Crippen LogP contribution in [0.1, 0.15) is 83.7 Å². The number of halogens is 2. The van der Waals surface area contributed by atoms with E-state index in [2.05, 4.69) is 67.3 Å². The predicted molar refractivity (Wildman–Crippen MR) is 188 cm³/mol. The second-order valence-electron chi connectivity index (χ2n) is 15.3. The molecule has 3 fully saturated rings. The lowest BCUT2D eigenvalue weighted by molar-refractivity contribution is -0.139. The predicted octanol–water partition coefficient (Wildman–Crippen LogP) is 6.79. The Kier molecular flexibility index (Phi) is 10.5. The van der Waals surface area contributed by atoms with Gasteiger partial charge in [-0.3, -0.25) is 14.5 Å². The van der Waals surface area contributed by atoms with E-state index in [-0.39, 0.29) is 40.4 Å². The van der Waals surface area contributed by atoms with Crippen LogP contribution in [0.15, 0.2) is 46.9 Å². The van der Waals surface area contributed by atoms with Crippen LogP contribution in [0.25, 0.3) is 0 Å². The Hall–Kier alpha value is -2.14. The lowest BCUT2D eigenvalue weighted by Gasteiger charge is -2.43. The number of rotatable bonds is 7. The van der Waals surface area contributed by atoms with E-state index in [0.717, 1.165) is 35.1 Å². The zero-order valence-electron chi connectivity index (χ0n) is 28.2. The van der Waals surface area contributed by atoms with Crippen molar-refractivity contribution < 1.29 is 19.1 Å². The minimum atomic E-state index is -0.976. The number of piperidine rings is 1. The highest BCUT2D eigenvalue weighted by Crippen LogP contribution is 2.48. The maximum atomic E-state index is 15.7. The molecule has 0 saturated carbocycles. The van der Waals surface area contributed by atoms with Crippen molar-refractivity contribution >= 4 is 45.2 Å². The summed E-state index contributed by atoms with van der Waals surface area (Å²) < 4.78 is 16.7. The molecule has 2 atom stereocenters. The van der Waals surface area contributed by atoms with Gasteiger partial charge in [-0.1, -0.05) is 61.0 Å². The van der Waals surface area contributed by atoms with E-state index in [1.807, 2.05) is 35.2 Å². The molecule has 3 aliphatic heterocycles. The number of amides is 2. The molecule has 0 bridgehead atoms. The number of benzene rings is 2. The third-order valence-electron chi connectivity index (χ3n) is 9.75. The van der Waals surface area contributed by atoms with Gasteiger partial charge in [0, 0.05) is 67.8 Å².